The third-order valence-corrected chi connectivity index (χ3v) is 3.37. The van der Waals surface area contributed by atoms with Crippen molar-refractivity contribution in [2.75, 3.05) is 0 Å². The Kier molecular flexibility index (Phi) is 3.54. The first-order chi connectivity index (χ1) is 8.49. The fourth-order valence-electron chi connectivity index (χ4n) is 2.21. The van der Waals surface area contributed by atoms with E-state index < -0.39 is 29.9 Å². The van der Waals surface area contributed by atoms with Gasteiger partial charge in [-0.2, -0.15) is 0 Å². The van der Waals surface area contributed by atoms with Gasteiger partial charge in [0.15, 0.2) is 0 Å². The minimum atomic E-state index is -1.03. The Hall–Kier alpha value is -1.59. The Bertz CT molecular complexity index is 473. The number of carboxylic acid groups (broad SMARTS) is 2. The zero-order chi connectivity index (χ0) is 13.3. The van der Waals surface area contributed by atoms with Crippen molar-refractivity contribution in [3.8, 4) is 0 Å². The number of aliphatic carboxylic acids is 2. The average Bonchev–Trinajstić information content (AvgIpc) is 2.75. The van der Waals surface area contributed by atoms with Crippen LogP contribution in [0.4, 0.5) is 0 Å². The Balaban J connectivity index is 2.27. The van der Waals surface area contributed by atoms with E-state index in [9.17, 15) is 9.59 Å². The third kappa shape index (κ3) is 2.47. The normalized spacial score (nSPS) is 27.1. The van der Waals surface area contributed by atoms with Crippen molar-refractivity contribution in [3.05, 3.63) is 34.9 Å². The van der Waals surface area contributed by atoms with E-state index in [2.05, 4.69) is 5.32 Å². The number of carboxylic acids is 2. The van der Waals surface area contributed by atoms with E-state index in [-0.39, 0.29) is 6.42 Å². The van der Waals surface area contributed by atoms with Gasteiger partial charge in [0.1, 0.15) is 6.04 Å². The highest BCUT2D eigenvalue weighted by Crippen LogP contribution is 2.33. The first-order valence-electron chi connectivity index (χ1n) is 5.46. The molecule has 18 heavy (non-hydrogen) atoms. The standard InChI is InChI=1S/C12H12ClNO4/c13-7-3-1-6(2-4-7)10-8(11(15)16)5-9(14-10)12(17)18/h1-4,8-10,14H,5H2,(H,15,16)(H,17,18)/t8-,9+,10+/m0/s1. The van der Waals surface area contributed by atoms with Crippen LogP contribution < -0.4 is 5.32 Å². The van der Waals surface area contributed by atoms with Gasteiger partial charge in [0, 0.05) is 11.1 Å². The van der Waals surface area contributed by atoms with E-state index in [1.165, 1.54) is 0 Å². The van der Waals surface area contributed by atoms with E-state index in [0.717, 1.165) is 5.56 Å². The summed E-state index contributed by atoms with van der Waals surface area (Å²) in [5, 5.41) is 21.5. The summed E-state index contributed by atoms with van der Waals surface area (Å²) in [5.74, 6) is -2.77. The first-order valence-corrected chi connectivity index (χ1v) is 5.84. The zero-order valence-corrected chi connectivity index (χ0v) is 10.1. The van der Waals surface area contributed by atoms with Crippen LogP contribution in [0.2, 0.25) is 5.02 Å². The molecule has 0 radical (unpaired) electrons. The summed E-state index contributed by atoms with van der Waals surface area (Å²) in [6, 6.07) is 5.41. The number of nitrogens with one attached hydrogen (secondary N) is 1. The molecular weight excluding hydrogens is 258 g/mol. The van der Waals surface area contributed by atoms with Crippen LogP contribution >= 0.6 is 11.6 Å². The molecule has 0 amide bonds. The molecule has 1 aromatic rings. The second kappa shape index (κ2) is 4.96. The van der Waals surface area contributed by atoms with Crippen molar-refractivity contribution in [2.45, 2.75) is 18.5 Å². The molecule has 0 spiro atoms. The molecule has 0 saturated carbocycles. The number of carbonyl (C=O) groups is 2. The largest absolute Gasteiger partial charge is 0.481 e. The number of rotatable bonds is 3. The summed E-state index contributed by atoms with van der Waals surface area (Å²) in [4.78, 5) is 22.1. The molecule has 6 heteroatoms. The summed E-state index contributed by atoms with van der Waals surface area (Å²) >= 11 is 5.77. The van der Waals surface area contributed by atoms with Crippen LogP contribution in [0.15, 0.2) is 24.3 Å². The monoisotopic (exact) mass is 269 g/mol. The highest BCUT2D eigenvalue weighted by molar-refractivity contribution is 6.30. The van der Waals surface area contributed by atoms with Crippen molar-refractivity contribution < 1.29 is 19.8 Å². The fourth-order valence-corrected chi connectivity index (χ4v) is 2.33. The van der Waals surface area contributed by atoms with Crippen molar-refractivity contribution in [1.29, 1.82) is 0 Å². The lowest BCUT2D eigenvalue weighted by molar-refractivity contribution is -0.142. The molecule has 0 bridgehead atoms. The maximum absolute atomic E-state index is 11.2. The summed E-state index contributed by atoms with van der Waals surface area (Å²) < 4.78 is 0. The summed E-state index contributed by atoms with van der Waals surface area (Å²) in [7, 11) is 0. The summed E-state index contributed by atoms with van der Waals surface area (Å²) in [6.45, 7) is 0. The molecule has 1 aliphatic rings. The van der Waals surface area contributed by atoms with E-state index in [0.29, 0.717) is 5.02 Å². The molecule has 2 rings (SSSR count). The van der Waals surface area contributed by atoms with Gasteiger partial charge in [0.2, 0.25) is 0 Å². The molecule has 1 heterocycles. The molecular formula is C12H12ClNO4. The summed E-state index contributed by atoms with van der Waals surface area (Å²) in [6.07, 6.45) is 0.0813. The van der Waals surface area contributed by atoms with E-state index >= 15 is 0 Å². The molecule has 3 atom stereocenters. The van der Waals surface area contributed by atoms with Crippen LogP contribution in [0.5, 0.6) is 0 Å². The lowest BCUT2D eigenvalue weighted by atomic mass is 9.93. The third-order valence-electron chi connectivity index (χ3n) is 3.12. The van der Waals surface area contributed by atoms with Crippen LogP contribution in [0.1, 0.15) is 18.0 Å². The fraction of sp³-hybridized carbons (Fsp3) is 0.333. The number of hydrogen-bond donors (Lipinski definition) is 3. The van der Waals surface area contributed by atoms with Crippen LogP contribution in [0, 0.1) is 5.92 Å². The maximum Gasteiger partial charge on any atom is 0.320 e. The van der Waals surface area contributed by atoms with Gasteiger partial charge in [-0.1, -0.05) is 23.7 Å². The molecule has 1 aliphatic heterocycles. The Morgan fingerprint density at radius 1 is 1.17 bits per heavy atom. The Morgan fingerprint density at radius 2 is 1.78 bits per heavy atom. The van der Waals surface area contributed by atoms with Gasteiger partial charge in [-0.25, -0.2) is 0 Å². The molecule has 0 aromatic heterocycles. The predicted octanol–water partition coefficient (Wildman–Crippen LogP) is 1.53. The maximum atomic E-state index is 11.2. The second-order valence-electron chi connectivity index (χ2n) is 4.27. The van der Waals surface area contributed by atoms with Crippen LogP contribution in [0.25, 0.3) is 0 Å². The molecule has 0 aliphatic carbocycles. The highest BCUT2D eigenvalue weighted by Gasteiger charge is 2.41. The van der Waals surface area contributed by atoms with Gasteiger partial charge in [-0.05, 0) is 24.1 Å². The Labute approximate surface area is 108 Å². The molecule has 0 unspecified atom stereocenters. The van der Waals surface area contributed by atoms with Crippen LogP contribution in [-0.2, 0) is 9.59 Å². The van der Waals surface area contributed by atoms with Gasteiger partial charge in [0.05, 0.1) is 5.92 Å². The van der Waals surface area contributed by atoms with Crippen molar-refractivity contribution in [3.63, 3.8) is 0 Å². The van der Waals surface area contributed by atoms with E-state index in [4.69, 9.17) is 21.8 Å². The van der Waals surface area contributed by atoms with Crippen molar-refractivity contribution in [1.82, 2.24) is 5.32 Å². The van der Waals surface area contributed by atoms with Crippen LogP contribution in [0.3, 0.4) is 0 Å². The Morgan fingerprint density at radius 3 is 2.28 bits per heavy atom. The zero-order valence-electron chi connectivity index (χ0n) is 9.34. The van der Waals surface area contributed by atoms with E-state index in [1.807, 2.05) is 0 Å². The van der Waals surface area contributed by atoms with Crippen molar-refractivity contribution in [2.24, 2.45) is 5.92 Å². The minimum Gasteiger partial charge on any atom is -0.481 e. The second-order valence-corrected chi connectivity index (χ2v) is 4.70. The molecule has 1 aromatic carbocycles. The number of hydrogen-bond acceptors (Lipinski definition) is 3. The van der Waals surface area contributed by atoms with Gasteiger partial charge >= 0.3 is 11.9 Å². The lowest BCUT2D eigenvalue weighted by Crippen LogP contribution is -2.32. The quantitative estimate of drug-likeness (QED) is 0.775. The van der Waals surface area contributed by atoms with Gasteiger partial charge in [0.25, 0.3) is 0 Å². The molecule has 3 N–H and O–H groups in total. The average molecular weight is 270 g/mol. The van der Waals surface area contributed by atoms with Gasteiger partial charge < -0.3 is 10.2 Å². The molecule has 1 saturated heterocycles. The van der Waals surface area contributed by atoms with Crippen LogP contribution in [-0.4, -0.2) is 28.2 Å². The van der Waals surface area contributed by atoms with Crippen molar-refractivity contribution >= 4 is 23.5 Å². The topological polar surface area (TPSA) is 86.6 Å². The van der Waals surface area contributed by atoms with E-state index in [1.54, 1.807) is 24.3 Å². The SMILES string of the molecule is O=C(O)[C@H]1C[C@H](C(=O)O)N[C@@H]1c1ccc(Cl)cc1. The smallest absolute Gasteiger partial charge is 0.320 e. The first kappa shape index (κ1) is 12.9. The highest BCUT2D eigenvalue weighted by atomic mass is 35.5. The molecule has 5 nitrogen and oxygen atoms in total. The van der Waals surface area contributed by atoms with Gasteiger partial charge in [-0.15, -0.1) is 0 Å². The minimum absolute atomic E-state index is 0.0813. The number of halogens is 1. The summed E-state index contributed by atoms with van der Waals surface area (Å²) in [5.41, 5.74) is 0.732. The lowest BCUT2D eigenvalue weighted by Gasteiger charge is -2.16. The molecule has 96 valence electrons. The molecule has 1 fully saturated rings. The van der Waals surface area contributed by atoms with Gasteiger partial charge in [-0.3, -0.25) is 14.9 Å². The number of benzene rings is 1. The predicted molar refractivity (Wildman–Crippen MR) is 64.5 cm³/mol.